The fraction of sp³-hybridized carbons (Fsp3) is 0.391. The number of hydrogen-bond acceptors (Lipinski definition) is 5. The molecule has 1 aliphatic carbocycles. The number of amides is 2. The van der Waals surface area contributed by atoms with Gasteiger partial charge in [-0.2, -0.15) is 5.10 Å². The number of ether oxygens (including phenoxy) is 1. The van der Waals surface area contributed by atoms with Crippen LogP contribution in [0.2, 0.25) is 5.02 Å². The van der Waals surface area contributed by atoms with Gasteiger partial charge in [0.25, 0.3) is 5.91 Å². The second kappa shape index (κ2) is 8.09. The fourth-order valence-electron chi connectivity index (χ4n) is 4.91. The fourth-order valence-corrected chi connectivity index (χ4v) is 5.13. The Hall–Kier alpha value is -3.13. The number of nitrogens with one attached hydrogen (secondary N) is 1. The van der Waals surface area contributed by atoms with Gasteiger partial charge < -0.3 is 15.0 Å². The second-order valence-electron chi connectivity index (χ2n) is 8.50. The third kappa shape index (κ3) is 3.48. The SMILES string of the molecule is COc1ccc(Cl)c(N2CC[C@]3(CC[C@@H](NC(=O)c4cnn5cccnc45)CC3)C2=O)c1. The lowest BCUT2D eigenvalue weighted by atomic mass is 9.71. The molecule has 0 radical (unpaired) electrons. The van der Waals surface area contributed by atoms with E-state index in [-0.39, 0.29) is 23.3 Å². The molecule has 1 spiro atoms. The molecule has 0 unspecified atom stereocenters. The first-order chi connectivity index (χ1) is 15.5. The molecule has 1 aromatic carbocycles. The number of methoxy groups -OCH3 is 1. The maximum Gasteiger partial charge on any atom is 0.256 e. The molecule has 9 heteroatoms. The number of carbonyl (C=O) groups excluding carboxylic acids is 2. The number of benzene rings is 1. The molecule has 5 rings (SSSR count). The zero-order valence-electron chi connectivity index (χ0n) is 17.8. The van der Waals surface area contributed by atoms with Gasteiger partial charge in [-0.3, -0.25) is 9.59 Å². The van der Waals surface area contributed by atoms with Crippen molar-refractivity contribution in [1.29, 1.82) is 0 Å². The normalized spacial score (nSPS) is 23.1. The first-order valence-electron chi connectivity index (χ1n) is 10.8. The smallest absolute Gasteiger partial charge is 0.256 e. The molecule has 2 aliphatic rings. The van der Waals surface area contributed by atoms with Crippen LogP contribution in [0.15, 0.2) is 42.9 Å². The number of nitrogens with zero attached hydrogens (tertiary/aromatic N) is 4. The van der Waals surface area contributed by atoms with Crippen molar-refractivity contribution in [1.82, 2.24) is 19.9 Å². The molecule has 1 saturated heterocycles. The molecule has 32 heavy (non-hydrogen) atoms. The summed E-state index contributed by atoms with van der Waals surface area (Å²) in [6, 6.07) is 7.15. The van der Waals surface area contributed by atoms with Crippen LogP contribution >= 0.6 is 11.6 Å². The highest BCUT2D eigenvalue weighted by Crippen LogP contribution is 2.47. The van der Waals surface area contributed by atoms with Crippen LogP contribution in [0.3, 0.4) is 0 Å². The van der Waals surface area contributed by atoms with Gasteiger partial charge in [-0.1, -0.05) is 11.6 Å². The van der Waals surface area contributed by atoms with Gasteiger partial charge in [-0.25, -0.2) is 9.50 Å². The number of halogens is 1. The molecule has 3 heterocycles. The van der Waals surface area contributed by atoms with Crippen LogP contribution in [0.4, 0.5) is 5.69 Å². The Kier molecular flexibility index (Phi) is 5.25. The van der Waals surface area contributed by atoms with Crippen LogP contribution in [-0.4, -0.2) is 46.1 Å². The zero-order chi connectivity index (χ0) is 22.3. The predicted octanol–water partition coefficient (Wildman–Crippen LogP) is 3.49. The number of anilines is 1. The van der Waals surface area contributed by atoms with Gasteiger partial charge in [0.2, 0.25) is 5.91 Å². The van der Waals surface area contributed by atoms with E-state index in [1.54, 1.807) is 47.1 Å². The van der Waals surface area contributed by atoms with Gasteiger partial charge in [0, 0.05) is 31.0 Å². The number of aromatic nitrogens is 3. The third-order valence-corrected chi connectivity index (χ3v) is 7.08. The summed E-state index contributed by atoms with van der Waals surface area (Å²) >= 11 is 6.39. The molecule has 2 amide bonds. The van der Waals surface area contributed by atoms with Crippen molar-refractivity contribution in [3.63, 3.8) is 0 Å². The zero-order valence-corrected chi connectivity index (χ0v) is 18.5. The van der Waals surface area contributed by atoms with Gasteiger partial charge in [-0.15, -0.1) is 0 Å². The topological polar surface area (TPSA) is 88.8 Å². The highest BCUT2D eigenvalue weighted by molar-refractivity contribution is 6.34. The van der Waals surface area contributed by atoms with E-state index >= 15 is 0 Å². The molecule has 0 bridgehead atoms. The van der Waals surface area contributed by atoms with Crippen molar-refractivity contribution in [2.24, 2.45) is 5.41 Å². The maximum absolute atomic E-state index is 13.4. The summed E-state index contributed by atoms with van der Waals surface area (Å²) in [7, 11) is 1.60. The van der Waals surface area contributed by atoms with Crippen molar-refractivity contribution >= 4 is 34.7 Å². The van der Waals surface area contributed by atoms with Gasteiger partial charge in [0.15, 0.2) is 5.65 Å². The molecule has 8 nitrogen and oxygen atoms in total. The van der Waals surface area contributed by atoms with E-state index in [0.717, 1.165) is 32.1 Å². The van der Waals surface area contributed by atoms with Gasteiger partial charge in [0.1, 0.15) is 11.3 Å². The minimum atomic E-state index is -0.389. The Bertz CT molecular complexity index is 1190. The van der Waals surface area contributed by atoms with Crippen molar-refractivity contribution in [2.45, 2.75) is 38.1 Å². The molecule has 1 aliphatic heterocycles. The minimum Gasteiger partial charge on any atom is -0.497 e. The average molecular weight is 454 g/mol. The van der Waals surface area contributed by atoms with Crippen molar-refractivity contribution in [2.75, 3.05) is 18.6 Å². The highest BCUT2D eigenvalue weighted by atomic mass is 35.5. The van der Waals surface area contributed by atoms with Gasteiger partial charge in [-0.05, 0) is 50.3 Å². The standard InChI is InChI=1S/C23H24ClN5O3/c1-32-16-3-4-18(24)19(13-16)28-12-9-23(22(28)31)7-5-15(6-8-23)27-21(30)17-14-26-29-11-2-10-25-20(17)29/h2-4,10-11,13-15H,5-9,12H2,1H3,(H,27,30)/t15-,23-. The molecule has 1 saturated carbocycles. The molecule has 2 aromatic heterocycles. The average Bonchev–Trinajstić information content (AvgIpc) is 3.38. The van der Waals surface area contributed by atoms with E-state index in [9.17, 15) is 9.59 Å². The Labute approximate surface area is 190 Å². The number of carbonyl (C=O) groups is 2. The third-order valence-electron chi connectivity index (χ3n) is 6.76. The Balaban J connectivity index is 1.25. The van der Waals surface area contributed by atoms with Crippen LogP contribution in [0.25, 0.3) is 5.65 Å². The van der Waals surface area contributed by atoms with E-state index in [1.165, 1.54) is 6.20 Å². The molecule has 3 aromatic rings. The van der Waals surface area contributed by atoms with Gasteiger partial charge in [0.05, 0.1) is 29.4 Å². The minimum absolute atomic E-state index is 0.0223. The van der Waals surface area contributed by atoms with Crippen molar-refractivity contribution in [3.05, 3.63) is 53.4 Å². The summed E-state index contributed by atoms with van der Waals surface area (Å²) in [6.07, 6.45) is 8.72. The van der Waals surface area contributed by atoms with Crippen LogP contribution < -0.4 is 15.0 Å². The van der Waals surface area contributed by atoms with E-state index < -0.39 is 0 Å². The first-order valence-corrected chi connectivity index (χ1v) is 11.1. The Morgan fingerprint density at radius 3 is 2.88 bits per heavy atom. The summed E-state index contributed by atoms with van der Waals surface area (Å²) in [5, 5.41) is 7.83. The maximum atomic E-state index is 13.4. The Morgan fingerprint density at radius 1 is 1.28 bits per heavy atom. The lowest BCUT2D eigenvalue weighted by molar-refractivity contribution is -0.127. The largest absolute Gasteiger partial charge is 0.497 e. The van der Waals surface area contributed by atoms with Crippen molar-refractivity contribution in [3.8, 4) is 5.75 Å². The van der Waals surface area contributed by atoms with E-state index in [2.05, 4.69) is 15.4 Å². The molecule has 0 atom stereocenters. The summed E-state index contributed by atoms with van der Waals surface area (Å²) < 4.78 is 6.89. The highest BCUT2D eigenvalue weighted by Gasteiger charge is 2.49. The van der Waals surface area contributed by atoms with Crippen LogP contribution in [0, 0.1) is 5.41 Å². The summed E-state index contributed by atoms with van der Waals surface area (Å²) in [5.41, 5.74) is 1.30. The van der Waals surface area contributed by atoms with E-state index in [0.29, 0.717) is 34.2 Å². The van der Waals surface area contributed by atoms with E-state index in [1.807, 2.05) is 6.07 Å². The van der Waals surface area contributed by atoms with Crippen LogP contribution in [0.1, 0.15) is 42.5 Å². The predicted molar refractivity (Wildman–Crippen MR) is 120 cm³/mol. The van der Waals surface area contributed by atoms with Crippen LogP contribution in [-0.2, 0) is 4.79 Å². The van der Waals surface area contributed by atoms with E-state index in [4.69, 9.17) is 16.3 Å². The summed E-state index contributed by atoms with van der Waals surface area (Å²) in [4.78, 5) is 32.2. The summed E-state index contributed by atoms with van der Waals surface area (Å²) in [5.74, 6) is 0.609. The summed E-state index contributed by atoms with van der Waals surface area (Å²) in [6.45, 7) is 0.636. The van der Waals surface area contributed by atoms with Crippen LogP contribution in [0.5, 0.6) is 5.75 Å². The molecule has 1 N–H and O–H groups in total. The monoisotopic (exact) mass is 453 g/mol. The quantitative estimate of drug-likeness (QED) is 0.653. The lowest BCUT2D eigenvalue weighted by Crippen LogP contribution is -2.43. The Morgan fingerprint density at radius 2 is 2.09 bits per heavy atom. The second-order valence-corrected chi connectivity index (χ2v) is 8.91. The first kappa shape index (κ1) is 20.8. The molecule has 2 fully saturated rings. The number of rotatable bonds is 4. The lowest BCUT2D eigenvalue weighted by Gasteiger charge is -2.36. The molecular weight excluding hydrogens is 430 g/mol. The molecule has 166 valence electrons. The number of hydrogen-bond donors (Lipinski definition) is 1. The van der Waals surface area contributed by atoms with Gasteiger partial charge >= 0.3 is 0 Å². The van der Waals surface area contributed by atoms with Crippen molar-refractivity contribution < 1.29 is 14.3 Å². The number of fused-ring (bicyclic) bond motifs is 1. The molecular formula is C23H24ClN5O3.